The van der Waals surface area contributed by atoms with E-state index < -0.39 is 133 Å². The minimum absolute atomic E-state index is 0.109. The molecule has 0 saturated heterocycles. The average Bonchev–Trinajstić information content (AvgIpc) is 3.31. The smallest absolute Gasteiger partial charge is 0.407 e. The van der Waals surface area contributed by atoms with E-state index in [0.717, 1.165) is 13.8 Å². The maximum Gasteiger partial charge on any atom is 0.407 e. The number of esters is 1. The number of benzene rings is 2. The zero-order valence-corrected chi connectivity index (χ0v) is 41.3. The predicted octanol–water partition coefficient (Wildman–Crippen LogP) is 5.92. The van der Waals surface area contributed by atoms with Crippen molar-refractivity contribution in [3.05, 3.63) is 71.8 Å². The van der Waals surface area contributed by atoms with Crippen molar-refractivity contribution in [2.45, 2.75) is 169 Å². The summed E-state index contributed by atoms with van der Waals surface area (Å²) in [4.78, 5) is 90.3. The van der Waals surface area contributed by atoms with Crippen molar-refractivity contribution < 1.29 is 69.4 Å². The van der Waals surface area contributed by atoms with Gasteiger partial charge in [0.05, 0.1) is 36.3 Å². The van der Waals surface area contributed by atoms with E-state index in [-0.39, 0.29) is 32.0 Å². The number of alkyl carbamates (subject to hydrolysis) is 1. The van der Waals surface area contributed by atoms with Crippen LogP contribution in [0, 0.1) is 23.7 Å². The van der Waals surface area contributed by atoms with Gasteiger partial charge in [0.1, 0.15) is 13.2 Å². The maximum absolute atomic E-state index is 16.0. The van der Waals surface area contributed by atoms with Gasteiger partial charge in [-0.2, -0.15) is 0 Å². The second-order valence-corrected chi connectivity index (χ2v) is 18.8. The molecule has 0 fully saturated rings. The number of ether oxygens (including phenoxy) is 2. The molecule has 0 bridgehead atoms. The Balaban J connectivity index is 2.06. The van der Waals surface area contributed by atoms with Crippen LogP contribution in [0.3, 0.4) is 0 Å². The van der Waals surface area contributed by atoms with Gasteiger partial charge >= 0.3 is 12.1 Å². The number of halogens is 6. The lowest BCUT2D eigenvalue weighted by Crippen LogP contribution is -2.59. The molecule has 0 saturated carbocycles. The summed E-state index contributed by atoms with van der Waals surface area (Å²) in [5, 5.41) is 12.6. The number of carbonyl (C=O) groups is 7. The van der Waals surface area contributed by atoms with Crippen LogP contribution in [0.5, 0.6) is 0 Å². The number of carbonyl (C=O) groups excluding carboxylic acids is 7. The van der Waals surface area contributed by atoms with Crippen LogP contribution in [0.1, 0.15) is 93.2 Å². The third-order valence-corrected chi connectivity index (χ3v) is 11.0. The second-order valence-electron chi connectivity index (χ2n) is 18.8. The molecule has 6 amide bonds. The molecular weight excluding hydrogens is 931 g/mol. The summed E-state index contributed by atoms with van der Waals surface area (Å²) in [5.41, 5.74) is 1.22. The molecule has 2 aromatic rings. The van der Waals surface area contributed by atoms with Crippen LogP contribution in [0.15, 0.2) is 60.7 Å². The van der Waals surface area contributed by atoms with Gasteiger partial charge in [-0.25, -0.2) is 35.9 Å². The lowest BCUT2D eigenvalue weighted by atomic mass is 9.95. The summed E-state index contributed by atoms with van der Waals surface area (Å²) >= 11 is 0. The number of amides is 6. The van der Waals surface area contributed by atoms with E-state index in [1.807, 2.05) is 10.6 Å². The van der Waals surface area contributed by atoms with Crippen molar-refractivity contribution in [2.75, 3.05) is 0 Å². The van der Waals surface area contributed by atoms with E-state index in [2.05, 4.69) is 21.3 Å². The Morgan fingerprint density at radius 3 is 1.14 bits per heavy atom. The van der Waals surface area contributed by atoms with Gasteiger partial charge in [-0.15, -0.1) is 0 Å². The van der Waals surface area contributed by atoms with Crippen LogP contribution in [-0.2, 0) is 51.5 Å². The molecule has 21 heteroatoms. The Kier molecular flexibility index (Phi) is 25.2. The SMILES string of the molecule is CC(C)C[C@H](NC(=O)[C@@H](F)[C@H](C)NC(=O)[C@@H](F)[C@@H](NC(=O)OCc1ccccc1)C(C)C)[C@H](F)C(=O)N[C@@H](C(C)C)[C@H](F)C(=O)N[C@@H](C)[C@H](F)C(=O)N[C@@H](CC(C)C)[C@H](F)C(=O)OCc1ccccc1. The van der Waals surface area contributed by atoms with Gasteiger partial charge < -0.3 is 41.4 Å². The van der Waals surface area contributed by atoms with Crippen molar-refractivity contribution in [3.8, 4) is 0 Å². The van der Waals surface area contributed by atoms with Crippen LogP contribution < -0.4 is 31.9 Å². The first-order valence-corrected chi connectivity index (χ1v) is 23.3. The quantitative estimate of drug-likeness (QED) is 0.0441. The molecule has 0 aliphatic rings. The van der Waals surface area contributed by atoms with Crippen molar-refractivity contribution in [2.24, 2.45) is 23.7 Å². The molecule has 6 N–H and O–H groups in total. The first-order valence-electron chi connectivity index (χ1n) is 23.3. The van der Waals surface area contributed by atoms with Gasteiger partial charge in [0.2, 0.25) is 6.17 Å². The summed E-state index contributed by atoms with van der Waals surface area (Å²) in [6.07, 6.45) is -16.8. The van der Waals surface area contributed by atoms with Gasteiger partial charge in [-0.1, -0.05) is 116 Å². The fourth-order valence-corrected chi connectivity index (χ4v) is 7.03. The van der Waals surface area contributed by atoms with E-state index in [0.29, 0.717) is 11.1 Å². The topological polar surface area (TPSA) is 210 Å². The van der Waals surface area contributed by atoms with Gasteiger partial charge in [0.15, 0.2) is 30.9 Å². The number of nitrogens with one attached hydrogen (secondary N) is 6. The largest absolute Gasteiger partial charge is 0.459 e. The van der Waals surface area contributed by atoms with Gasteiger partial charge in [-0.3, -0.25) is 24.0 Å². The molecule has 70 heavy (non-hydrogen) atoms. The minimum atomic E-state index is -2.67. The predicted molar refractivity (Wildman–Crippen MR) is 249 cm³/mol. The molecular formula is C49H70F6N6O9. The lowest BCUT2D eigenvalue weighted by molar-refractivity contribution is -0.152. The summed E-state index contributed by atoms with van der Waals surface area (Å²) in [5.74, 6) is -10.9. The first-order chi connectivity index (χ1) is 32.7. The Labute approximate surface area is 406 Å². The average molecular weight is 1000 g/mol. The fraction of sp³-hybridized carbons (Fsp3) is 0.612. The van der Waals surface area contributed by atoms with Crippen LogP contribution in [0.4, 0.5) is 31.1 Å². The van der Waals surface area contributed by atoms with Gasteiger partial charge in [0.25, 0.3) is 29.5 Å². The highest BCUT2D eigenvalue weighted by molar-refractivity contribution is 5.89. The highest BCUT2D eigenvalue weighted by Gasteiger charge is 2.41. The molecule has 0 unspecified atom stereocenters. The molecule has 0 aliphatic heterocycles. The molecule has 0 radical (unpaired) electrons. The molecule has 2 rings (SSSR count). The Bertz CT molecular complexity index is 1990. The van der Waals surface area contributed by atoms with Crippen LogP contribution >= 0.6 is 0 Å². The number of hydrogen-bond acceptors (Lipinski definition) is 9. The molecule has 2 aromatic carbocycles. The highest BCUT2D eigenvalue weighted by atomic mass is 19.2. The lowest BCUT2D eigenvalue weighted by Gasteiger charge is -2.30. The fourth-order valence-electron chi connectivity index (χ4n) is 7.03. The molecule has 0 aliphatic carbocycles. The Hall–Kier alpha value is -5.89. The van der Waals surface area contributed by atoms with E-state index in [9.17, 15) is 33.6 Å². The summed E-state index contributed by atoms with van der Waals surface area (Å²) in [7, 11) is 0. The van der Waals surface area contributed by atoms with E-state index >= 15 is 26.3 Å². The van der Waals surface area contributed by atoms with Crippen molar-refractivity contribution in [1.29, 1.82) is 0 Å². The van der Waals surface area contributed by atoms with Crippen LogP contribution in [0.25, 0.3) is 0 Å². The highest BCUT2D eigenvalue weighted by Crippen LogP contribution is 2.19. The van der Waals surface area contributed by atoms with E-state index in [1.54, 1.807) is 88.4 Å². The third kappa shape index (κ3) is 19.8. The summed E-state index contributed by atoms with van der Waals surface area (Å²) in [6.45, 7) is 13.9. The molecule has 0 heterocycles. The first kappa shape index (κ1) is 60.2. The maximum atomic E-state index is 16.0. The molecule has 15 nitrogen and oxygen atoms in total. The Morgan fingerprint density at radius 1 is 0.414 bits per heavy atom. The van der Waals surface area contributed by atoms with Crippen LogP contribution in [0.2, 0.25) is 0 Å². The van der Waals surface area contributed by atoms with Crippen molar-refractivity contribution in [3.63, 3.8) is 0 Å². The standard InChI is InChI=1S/C49H70F6N6O9/c1-25(2)21-33(58-43(62)35(50)29(9)57-47(66)40(55)42(28(7)8)61-49(68)70-24-32-19-15-12-16-20-32)37(52)45(64)60-41(27(5)6)39(54)46(65)56-30(10)36(51)44(63)59-34(22-26(3)4)38(53)48(67)69-23-31-17-13-11-14-18-31/h11-20,25-30,33-42H,21-24H2,1-10H3,(H,56,65)(H,57,66)(H,58,62)(H,59,63)(H,60,64)(H,61,68)/t29-,30-,33-,34-,35-,36-,37-,38-,39-,40-,41-,42-/m0/s1. The zero-order chi connectivity index (χ0) is 53.0. The molecule has 0 aromatic heterocycles. The second kappa shape index (κ2) is 29.3. The van der Waals surface area contributed by atoms with Crippen LogP contribution in [-0.4, -0.2) is 115 Å². The summed E-state index contributed by atoms with van der Waals surface area (Å²) < 4.78 is 104. The molecule has 0 spiro atoms. The third-order valence-electron chi connectivity index (χ3n) is 11.0. The van der Waals surface area contributed by atoms with Gasteiger partial charge in [-0.05, 0) is 61.5 Å². The van der Waals surface area contributed by atoms with Crippen molar-refractivity contribution in [1.82, 2.24) is 31.9 Å². The monoisotopic (exact) mass is 1000 g/mol. The van der Waals surface area contributed by atoms with Crippen molar-refractivity contribution >= 4 is 41.6 Å². The number of hydrogen-bond donors (Lipinski definition) is 6. The molecule has 12 atom stereocenters. The van der Waals surface area contributed by atoms with Gasteiger partial charge in [0, 0.05) is 0 Å². The Morgan fingerprint density at radius 2 is 0.757 bits per heavy atom. The normalized spacial score (nSPS) is 16.7. The van der Waals surface area contributed by atoms with E-state index in [4.69, 9.17) is 9.47 Å². The minimum Gasteiger partial charge on any atom is -0.459 e. The molecule has 392 valence electrons. The zero-order valence-electron chi connectivity index (χ0n) is 41.3. The number of rotatable bonds is 28. The number of alkyl halides is 6. The van der Waals surface area contributed by atoms with E-state index in [1.165, 1.54) is 27.7 Å². The summed E-state index contributed by atoms with van der Waals surface area (Å²) in [6, 6.07) is 7.06.